The Labute approximate surface area is 134 Å². The smallest absolute Gasteiger partial charge is 0.166 e. The van der Waals surface area contributed by atoms with Crippen molar-refractivity contribution < 1.29 is 8.42 Å². The van der Waals surface area contributed by atoms with E-state index < -0.39 is 9.84 Å². The van der Waals surface area contributed by atoms with Crippen molar-refractivity contribution in [2.45, 2.75) is 50.9 Å². The predicted octanol–water partition coefficient (Wildman–Crippen LogP) is 1.96. The van der Waals surface area contributed by atoms with E-state index in [4.69, 9.17) is 0 Å². The largest absolute Gasteiger partial charge is 0.312 e. The summed E-state index contributed by atoms with van der Waals surface area (Å²) in [6, 6.07) is 0.624. The molecular formula is C15H30N2O2S2. The van der Waals surface area contributed by atoms with Crippen molar-refractivity contribution in [1.29, 1.82) is 0 Å². The van der Waals surface area contributed by atoms with Crippen LogP contribution in [0.5, 0.6) is 0 Å². The summed E-state index contributed by atoms with van der Waals surface area (Å²) in [6.45, 7) is 6.76. The Morgan fingerprint density at radius 1 is 1.29 bits per heavy atom. The molecule has 1 N–H and O–H groups in total. The van der Waals surface area contributed by atoms with Gasteiger partial charge in [-0.05, 0) is 18.8 Å². The lowest BCUT2D eigenvalue weighted by Gasteiger charge is -2.36. The molecule has 0 radical (unpaired) electrons. The number of sulfone groups is 1. The highest BCUT2D eigenvalue weighted by atomic mass is 32.2. The summed E-state index contributed by atoms with van der Waals surface area (Å²) in [5.41, 5.74) is 0. The van der Waals surface area contributed by atoms with Crippen LogP contribution in [0.4, 0.5) is 0 Å². The van der Waals surface area contributed by atoms with Gasteiger partial charge < -0.3 is 5.32 Å². The molecule has 6 heteroatoms. The maximum atomic E-state index is 12.2. The summed E-state index contributed by atoms with van der Waals surface area (Å²) in [7, 11) is -2.96. The van der Waals surface area contributed by atoms with Gasteiger partial charge in [-0.2, -0.15) is 11.8 Å². The number of hydrogen-bond donors (Lipinski definition) is 1. The summed E-state index contributed by atoms with van der Waals surface area (Å²) in [5, 5.41) is 3.39. The molecule has 1 heterocycles. The second-order valence-electron chi connectivity index (χ2n) is 6.34. The van der Waals surface area contributed by atoms with Gasteiger partial charge in [-0.25, -0.2) is 8.42 Å². The first-order valence-corrected chi connectivity index (χ1v) is 11.2. The zero-order chi connectivity index (χ0) is 15.3. The molecule has 124 valence electrons. The molecule has 0 aromatic heterocycles. The first kappa shape index (κ1) is 17.6. The van der Waals surface area contributed by atoms with E-state index >= 15 is 0 Å². The fourth-order valence-corrected chi connectivity index (χ4v) is 6.52. The fourth-order valence-electron chi connectivity index (χ4n) is 3.41. The van der Waals surface area contributed by atoms with Crippen molar-refractivity contribution in [3.63, 3.8) is 0 Å². The highest BCUT2D eigenvalue weighted by molar-refractivity contribution is 8.01. The number of thioether (sulfide) groups is 1. The first-order valence-electron chi connectivity index (χ1n) is 8.31. The Morgan fingerprint density at radius 2 is 2.05 bits per heavy atom. The Balaban J connectivity index is 1.82. The number of hydrogen-bond acceptors (Lipinski definition) is 5. The van der Waals surface area contributed by atoms with E-state index in [1.54, 1.807) is 18.7 Å². The Kier molecular flexibility index (Phi) is 6.84. The molecule has 0 aromatic rings. The summed E-state index contributed by atoms with van der Waals surface area (Å²) in [4.78, 5) is 2.18. The average molecular weight is 335 g/mol. The van der Waals surface area contributed by atoms with E-state index in [2.05, 4.69) is 17.1 Å². The second kappa shape index (κ2) is 8.18. The average Bonchev–Trinajstić information content (AvgIpc) is 2.49. The second-order valence-corrected chi connectivity index (χ2v) is 9.94. The third-order valence-electron chi connectivity index (χ3n) is 4.92. The van der Waals surface area contributed by atoms with E-state index in [0.717, 1.165) is 37.1 Å². The number of nitrogens with one attached hydrogen (secondary N) is 1. The van der Waals surface area contributed by atoms with Crippen LogP contribution in [-0.4, -0.2) is 61.6 Å². The molecule has 2 fully saturated rings. The number of rotatable bonds is 6. The molecule has 3 atom stereocenters. The predicted molar refractivity (Wildman–Crippen MR) is 91.6 cm³/mol. The molecule has 1 aliphatic carbocycles. The van der Waals surface area contributed by atoms with Gasteiger partial charge in [0.1, 0.15) is 5.37 Å². The Bertz CT molecular complexity index is 414. The topological polar surface area (TPSA) is 49.4 Å². The minimum absolute atomic E-state index is 0.252. The highest BCUT2D eigenvalue weighted by Gasteiger charge is 2.32. The van der Waals surface area contributed by atoms with Crippen molar-refractivity contribution in [2.24, 2.45) is 5.92 Å². The molecule has 1 saturated carbocycles. The van der Waals surface area contributed by atoms with Crippen molar-refractivity contribution in [1.82, 2.24) is 10.2 Å². The van der Waals surface area contributed by atoms with Crippen LogP contribution in [0.25, 0.3) is 0 Å². The van der Waals surface area contributed by atoms with E-state index in [0.29, 0.717) is 6.04 Å². The molecular weight excluding hydrogens is 304 g/mol. The number of nitrogens with zero attached hydrogens (tertiary/aromatic N) is 1. The normalized spacial score (nSPS) is 32.2. The van der Waals surface area contributed by atoms with E-state index in [1.807, 2.05) is 0 Å². The van der Waals surface area contributed by atoms with Crippen LogP contribution in [0.15, 0.2) is 0 Å². The van der Waals surface area contributed by atoms with Crippen LogP contribution in [0, 0.1) is 5.92 Å². The van der Waals surface area contributed by atoms with Gasteiger partial charge in [0.15, 0.2) is 9.84 Å². The maximum Gasteiger partial charge on any atom is 0.166 e. The van der Waals surface area contributed by atoms with Crippen LogP contribution in [0.2, 0.25) is 0 Å². The zero-order valence-electron chi connectivity index (χ0n) is 13.4. The lowest BCUT2D eigenvalue weighted by Crippen LogP contribution is -2.51. The lowest BCUT2D eigenvalue weighted by atomic mass is 9.86. The molecule has 1 saturated heterocycles. The lowest BCUT2D eigenvalue weighted by molar-refractivity contribution is 0.238. The summed E-state index contributed by atoms with van der Waals surface area (Å²) >= 11 is 1.77. The van der Waals surface area contributed by atoms with Crippen LogP contribution < -0.4 is 5.32 Å². The molecule has 0 aromatic carbocycles. The van der Waals surface area contributed by atoms with E-state index in [-0.39, 0.29) is 11.1 Å². The monoisotopic (exact) mass is 334 g/mol. The van der Waals surface area contributed by atoms with Crippen molar-refractivity contribution in [3.8, 4) is 0 Å². The van der Waals surface area contributed by atoms with Crippen LogP contribution in [0.3, 0.4) is 0 Å². The van der Waals surface area contributed by atoms with Gasteiger partial charge in [-0.1, -0.05) is 26.7 Å². The zero-order valence-corrected chi connectivity index (χ0v) is 15.0. The van der Waals surface area contributed by atoms with Gasteiger partial charge in [-0.15, -0.1) is 0 Å². The van der Waals surface area contributed by atoms with Gasteiger partial charge in [0, 0.05) is 42.9 Å². The molecule has 2 aliphatic rings. The molecule has 1 aliphatic heterocycles. The Morgan fingerprint density at radius 3 is 2.76 bits per heavy atom. The summed E-state index contributed by atoms with van der Waals surface area (Å²) in [6.07, 6.45) is 5.28. The summed E-state index contributed by atoms with van der Waals surface area (Å²) < 4.78 is 24.4. The summed E-state index contributed by atoms with van der Waals surface area (Å²) in [5.74, 6) is 2.79. The maximum absolute atomic E-state index is 12.2. The SMILES string of the molecule is CCS(=O)(=O)C1CSCCN1CCNC1CCCCC1C. The van der Waals surface area contributed by atoms with Gasteiger partial charge in [0.2, 0.25) is 0 Å². The molecule has 4 nitrogen and oxygen atoms in total. The molecule has 0 bridgehead atoms. The standard InChI is InChI=1S/C15H30N2O2S2/c1-3-21(18,19)15-12-20-11-10-17(15)9-8-16-14-7-5-4-6-13(14)2/h13-16H,3-12H2,1-2H3. The minimum atomic E-state index is -2.96. The minimum Gasteiger partial charge on any atom is -0.312 e. The molecule has 21 heavy (non-hydrogen) atoms. The van der Waals surface area contributed by atoms with Gasteiger partial charge in [0.05, 0.1) is 0 Å². The van der Waals surface area contributed by atoms with Gasteiger partial charge in [-0.3, -0.25) is 4.90 Å². The Hall–Kier alpha value is 0.220. The van der Waals surface area contributed by atoms with Crippen LogP contribution >= 0.6 is 11.8 Å². The van der Waals surface area contributed by atoms with E-state index in [9.17, 15) is 8.42 Å². The highest BCUT2D eigenvalue weighted by Crippen LogP contribution is 2.24. The molecule has 2 rings (SSSR count). The van der Waals surface area contributed by atoms with Gasteiger partial charge in [0.25, 0.3) is 0 Å². The molecule has 0 amide bonds. The van der Waals surface area contributed by atoms with Gasteiger partial charge >= 0.3 is 0 Å². The quantitative estimate of drug-likeness (QED) is 0.805. The fraction of sp³-hybridized carbons (Fsp3) is 1.00. The molecule has 0 spiro atoms. The van der Waals surface area contributed by atoms with Crippen molar-refractivity contribution in [3.05, 3.63) is 0 Å². The van der Waals surface area contributed by atoms with E-state index in [1.165, 1.54) is 25.7 Å². The first-order chi connectivity index (χ1) is 10.0. The van der Waals surface area contributed by atoms with Crippen LogP contribution in [-0.2, 0) is 9.84 Å². The molecule has 3 unspecified atom stereocenters. The third-order valence-corrected chi connectivity index (χ3v) is 8.26. The van der Waals surface area contributed by atoms with Crippen molar-refractivity contribution in [2.75, 3.05) is 36.9 Å². The van der Waals surface area contributed by atoms with Crippen LogP contribution in [0.1, 0.15) is 39.5 Å². The van der Waals surface area contributed by atoms with Crippen molar-refractivity contribution >= 4 is 21.6 Å². The third kappa shape index (κ3) is 4.85.